The molecule has 0 bridgehead atoms. The zero-order valence-electron chi connectivity index (χ0n) is 10.0. The van der Waals surface area contributed by atoms with Crippen molar-refractivity contribution in [1.82, 2.24) is 4.72 Å². The van der Waals surface area contributed by atoms with Gasteiger partial charge in [0.05, 0.1) is 10.6 Å². The molecule has 1 aliphatic rings. The van der Waals surface area contributed by atoms with Crippen molar-refractivity contribution in [3.8, 4) is 0 Å². The Kier molecular flexibility index (Phi) is 4.44. The summed E-state index contributed by atoms with van der Waals surface area (Å²) in [6.45, 7) is 0.763. The summed E-state index contributed by atoms with van der Waals surface area (Å²) in [6.07, 6.45) is 1.55. The second-order valence-electron chi connectivity index (χ2n) is 4.30. The molecule has 1 aliphatic heterocycles. The number of halogens is 2. The highest BCUT2D eigenvalue weighted by Crippen LogP contribution is 2.26. The van der Waals surface area contributed by atoms with Crippen molar-refractivity contribution in [2.75, 3.05) is 18.9 Å². The van der Waals surface area contributed by atoms with Crippen LogP contribution in [0.15, 0.2) is 21.5 Å². The normalized spacial score (nSPS) is 19.8. The van der Waals surface area contributed by atoms with Crippen LogP contribution in [0, 0.1) is 5.82 Å². The summed E-state index contributed by atoms with van der Waals surface area (Å²) in [5.74, 6) is -0.853. The first-order valence-corrected chi connectivity index (χ1v) is 8.03. The van der Waals surface area contributed by atoms with Gasteiger partial charge in [0.1, 0.15) is 4.90 Å². The zero-order chi connectivity index (χ0) is 14.0. The van der Waals surface area contributed by atoms with Gasteiger partial charge < -0.3 is 10.5 Å². The molecule has 0 saturated carbocycles. The first kappa shape index (κ1) is 14.7. The van der Waals surface area contributed by atoms with Gasteiger partial charge in [-0.05, 0) is 40.9 Å². The maximum absolute atomic E-state index is 13.8. The summed E-state index contributed by atoms with van der Waals surface area (Å²) < 4.78 is 45.6. The lowest BCUT2D eigenvalue weighted by atomic mass is 10.2. The van der Waals surface area contributed by atoms with E-state index in [9.17, 15) is 12.8 Å². The SMILES string of the molecule is Nc1cc(Br)c(F)c(S(=O)(=O)NCC2CCCO2)c1. The second kappa shape index (κ2) is 5.74. The molecule has 1 aromatic rings. The molecule has 2 rings (SSSR count). The lowest BCUT2D eigenvalue weighted by Crippen LogP contribution is -2.32. The van der Waals surface area contributed by atoms with Crippen molar-refractivity contribution < 1.29 is 17.5 Å². The minimum absolute atomic E-state index is 0.0185. The molecule has 0 amide bonds. The highest BCUT2D eigenvalue weighted by molar-refractivity contribution is 9.10. The average Bonchev–Trinajstić information content (AvgIpc) is 2.84. The molecular formula is C11H14BrFN2O3S. The first-order valence-electron chi connectivity index (χ1n) is 5.76. The van der Waals surface area contributed by atoms with Crippen molar-refractivity contribution in [3.63, 3.8) is 0 Å². The standard InChI is InChI=1S/C11H14BrFN2O3S/c12-9-4-7(14)5-10(11(9)13)19(16,17)15-6-8-2-1-3-18-8/h4-5,8,15H,1-3,6,14H2. The van der Waals surface area contributed by atoms with Crippen molar-refractivity contribution in [1.29, 1.82) is 0 Å². The van der Waals surface area contributed by atoms with Crippen molar-refractivity contribution in [3.05, 3.63) is 22.4 Å². The molecular weight excluding hydrogens is 339 g/mol. The van der Waals surface area contributed by atoms with Crippen LogP contribution in [0.3, 0.4) is 0 Å². The van der Waals surface area contributed by atoms with E-state index < -0.39 is 20.7 Å². The Balaban J connectivity index is 2.19. The van der Waals surface area contributed by atoms with Crippen LogP contribution in [0.5, 0.6) is 0 Å². The van der Waals surface area contributed by atoms with Gasteiger partial charge in [-0.25, -0.2) is 17.5 Å². The number of nitrogens with one attached hydrogen (secondary N) is 1. The van der Waals surface area contributed by atoms with E-state index in [0.717, 1.165) is 18.9 Å². The molecule has 106 valence electrons. The fourth-order valence-corrected chi connectivity index (χ4v) is 3.67. The smallest absolute Gasteiger partial charge is 0.243 e. The number of sulfonamides is 1. The molecule has 1 fully saturated rings. The number of ether oxygens (including phenoxy) is 1. The predicted molar refractivity (Wildman–Crippen MR) is 72.7 cm³/mol. The van der Waals surface area contributed by atoms with Crippen LogP contribution in [0.25, 0.3) is 0 Å². The zero-order valence-corrected chi connectivity index (χ0v) is 12.4. The van der Waals surface area contributed by atoms with Crippen LogP contribution in [-0.2, 0) is 14.8 Å². The van der Waals surface area contributed by atoms with Gasteiger partial charge in [0.25, 0.3) is 0 Å². The Hall–Kier alpha value is -0.700. The van der Waals surface area contributed by atoms with E-state index in [-0.39, 0.29) is 22.8 Å². The van der Waals surface area contributed by atoms with E-state index in [0.29, 0.717) is 6.61 Å². The van der Waals surface area contributed by atoms with E-state index in [1.54, 1.807) is 0 Å². The molecule has 1 unspecified atom stereocenters. The van der Waals surface area contributed by atoms with Gasteiger partial charge in [-0.1, -0.05) is 0 Å². The molecule has 1 saturated heterocycles. The Morgan fingerprint density at radius 3 is 2.89 bits per heavy atom. The van der Waals surface area contributed by atoms with Gasteiger partial charge >= 0.3 is 0 Å². The lowest BCUT2D eigenvalue weighted by Gasteiger charge is -2.12. The molecule has 8 heteroatoms. The number of hydrogen-bond donors (Lipinski definition) is 2. The molecule has 19 heavy (non-hydrogen) atoms. The summed E-state index contributed by atoms with van der Waals surface area (Å²) >= 11 is 2.93. The molecule has 0 radical (unpaired) electrons. The maximum atomic E-state index is 13.8. The van der Waals surface area contributed by atoms with Crippen molar-refractivity contribution in [2.24, 2.45) is 0 Å². The number of benzene rings is 1. The number of rotatable bonds is 4. The Morgan fingerprint density at radius 2 is 2.26 bits per heavy atom. The third kappa shape index (κ3) is 3.44. The van der Waals surface area contributed by atoms with Gasteiger partial charge in [0.15, 0.2) is 5.82 Å². The molecule has 0 spiro atoms. The summed E-state index contributed by atoms with van der Waals surface area (Å²) in [6, 6.07) is 2.41. The molecule has 1 heterocycles. The Morgan fingerprint density at radius 1 is 1.53 bits per heavy atom. The van der Waals surface area contributed by atoms with Crippen LogP contribution in [0.1, 0.15) is 12.8 Å². The molecule has 0 aliphatic carbocycles. The topological polar surface area (TPSA) is 81.4 Å². The maximum Gasteiger partial charge on any atom is 0.243 e. The summed E-state index contributed by atoms with van der Waals surface area (Å²) in [5, 5.41) is 0. The second-order valence-corrected chi connectivity index (χ2v) is 6.89. The number of hydrogen-bond acceptors (Lipinski definition) is 4. The van der Waals surface area contributed by atoms with Crippen LogP contribution >= 0.6 is 15.9 Å². The van der Waals surface area contributed by atoms with E-state index in [1.165, 1.54) is 6.07 Å². The van der Waals surface area contributed by atoms with Crippen LogP contribution in [0.4, 0.5) is 10.1 Å². The number of nitrogens with two attached hydrogens (primary N) is 1. The monoisotopic (exact) mass is 352 g/mol. The summed E-state index contributed by atoms with van der Waals surface area (Å²) in [7, 11) is -3.94. The third-order valence-corrected chi connectivity index (χ3v) is 4.83. The number of anilines is 1. The van der Waals surface area contributed by atoms with Gasteiger partial charge in [-0.2, -0.15) is 0 Å². The largest absolute Gasteiger partial charge is 0.399 e. The van der Waals surface area contributed by atoms with E-state index in [1.807, 2.05) is 0 Å². The fraction of sp³-hybridized carbons (Fsp3) is 0.455. The molecule has 3 N–H and O–H groups in total. The minimum atomic E-state index is -3.94. The van der Waals surface area contributed by atoms with E-state index >= 15 is 0 Å². The number of nitrogen functional groups attached to an aromatic ring is 1. The van der Waals surface area contributed by atoms with Crippen LogP contribution in [0.2, 0.25) is 0 Å². The summed E-state index contributed by atoms with van der Waals surface area (Å²) in [4.78, 5) is -0.461. The highest BCUT2D eigenvalue weighted by Gasteiger charge is 2.24. The first-order chi connectivity index (χ1) is 8.90. The molecule has 1 aromatic carbocycles. The fourth-order valence-electron chi connectivity index (χ4n) is 1.87. The minimum Gasteiger partial charge on any atom is -0.399 e. The Labute approximate surface area is 119 Å². The van der Waals surface area contributed by atoms with Gasteiger partial charge in [0, 0.05) is 18.8 Å². The van der Waals surface area contributed by atoms with Crippen molar-refractivity contribution in [2.45, 2.75) is 23.8 Å². The third-order valence-electron chi connectivity index (χ3n) is 2.83. The highest BCUT2D eigenvalue weighted by atomic mass is 79.9. The molecule has 0 aromatic heterocycles. The van der Waals surface area contributed by atoms with Gasteiger partial charge in [-0.15, -0.1) is 0 Å². The van der Waals surface area contributed by atoms with Crippen molar-refractivity contribution >= 4 is 31.6 Å². The van der Waals surface area contributed by atoms with Crippen LogP contribution in [-0.4, -0.2) is 27.7 Å². The summed E-state index contributed by atoms with van der Waals surface area (Å²) in [5.41, 5.74) is 5.70. The lowest BCUT2D eigenvalue weighted by molar-refractivity contribution is 0.114. The van der Waals surface area contributed by atoms with Gasteiger partial charge in [-0.3, -0.25) is 0 Å². The Bertz CT molecular complexity index is 574. The van der Waals surface area contributed by atoms with Gasteiger partial charge in [0.2, 0.25) is 10.0 Å². The molecule has 1 atom stereocenters. The predicted octanol–water partition coefficient (Wildman–Crippen LogP) is 1.63. The molecule has 5 nitrogen and oxygen atoms in total. The quantitative estimate of drug-likeness (QED) is 0.807. The van der Waals surface area contributed by atoms with E-state index in [4.69, 9.17) is 10.5 Å². The van der Waals surface area contributed by atoms with E-state index in [2.05, 4.69) is 20.7 Å². The average molecular weight is 353 g/mol. The van der Waals surface area contributed by atoms with Crippen LogP contribution < -0.4 is 10.5 Å².